The molecule has 11 aromatic rings. The summed E-state index contributed by atoms with van der Waals surface area (Å²) in [4.78, 5) is 14.4. The van der Waals surface area contributed by atoms with Gasteiger partial charge < -0.3 is 18.4 Å². The van der Waals surface area contributed by atoms with Gasteiger partial charge in [-0.15, -0.1) is 36.4 Å². The zero-order valence-corrected chi connectivity index (χ0v) is 45.3. The number of nitrogens with zero attached hydrogens (tertiary/aromatic N) is 4. The van der Waals surface area contributed by atoms with Crippen molar-refractivity contribution in [2.75, 3.05) is 0 Å². The minimum absolute atomic E-state index is 0. The molecule has 0 unspecified atom stereocenters. The van der Waals surface area contributed by atoms with E-state index in [1.54, 1.807) is 0 Å². The van der Waals surface area contributed by atoms with Gasteiger partial charge in [0.2, 0.25) is 5.71 Å². The molecule has 0 fully saturated rings. The molecule has 72 heavy (non-hydrogen) atoms. The van der Waals surface area contributed by atoms with Crippen molar-refractivity contribution in [3.8, 4) is 39.5 Å². The van der Waals surface area contributed by atoms with Crippen LogP contribution in [0.4, 0.5) is 13.2 Å². The second kappa shape index (κ2) is 19.4. The number of aromatic nitrogens is 4. The monoisotopic (exact) mass is 1150 g/mol. The average Bonchev–Trinajstić information content (AvgIpc) is 4.04. The zero-order chi connectivity index (χ0) is 51.0. The maximum atomic E-state index is 14.1. The summed E-state index contributed by atoms with van der Waals surface area (Å²) in [5, 5.41) is 5.13. The third-order valence-corrected chi connectivity index (χ3v) is 15.2. The van der Waals surface area contributed by atoms with Crippen LogP contribution in [-0.2, 0) is 26.3 Å². The Morgan fingerprint density at radius 1 is 0.653 bits per heavy atom. The smallest absolute Gasteiger partial charge is 0.416 e. The number of fused-ring (bicyclic) bond motifs is 7. The van der Waals surface area contributed by atoms with Gasteiger partial charge in [-0.1, -0.05) is 149 Å². The van der Waals surface area contributed by atoms with Crippen LogP contribution in [0.1, 0.15) is 88.6 Å². The van der Waals surface area contributed by atoms with Crippen molar-refractivity contribution in [2.24, 2.45) is 0 Å². The Morgan fingerprint density at radius 2 is 1.28 bits per heavy atom. The summed E-state index contributed by atoms with van der Waals surface area (Å²) in [6.07, 6.45) is -2.50. The Balaban J connectivity index is 0.000000195. The first-order valence-corrected chi connectivity index (χ1v) is 27.5. The van der Waals surface area contributed by atoms with Crippen molar-refractivity contribution < 1.29 is 43.5 Å². The molecular weight excluding hydrogens is 1100 g/mol. The van der Waals surface area contributed by atoms with Gasteiger partial charge in [-0.3, -0.25) is 4.98 Å². The van der Waals surface area contributed by atoms with Crippen molar-refractivity contribution in [1.82, 2.24) is 19.5 Å². The summed E-state index contributed by atoms with van der Waals surface area (Å²) in [6, 6.07) is 47.2. The number of pyridine rings is 2. The van der Waals surface area contributed by atoms with Crippen LogP contribution in [0.25, 0.3) is 94.5 Å². The molecule has 0 aliphatic rings. The number of hydrogen-bond donors (Lipinski definition) is 0. The Hall–Kier alpha value is -6.65. The zero-order valence-electron chi connectivity index (χ0n) is 42.9. The molecule has 6 nitrogen and oxygen atoms in total. The van der Waals surface area contributed by atoms with Gasteiger partial charge in [0.25, 0.3) is 0 Å². The molecule has 5 aromatic heterocycles. The molecule has 0 aliphatic heterocycles. The standard InChI is InChI=1S/C38H30F3N2O.C23H25N2OSi.Ir/c1-22(2)30-20-26(38(39,40)41)21-31(23(3)4)35(30)43-33-16-9-8-15-32(33)42-37(43)29-14-10-13-28-27-18-17-25(19-34(27)44-36(28)29)24-11-6-5-7-12-24;1-14(2)19-12-20(24-13-21(19)27(4,5)6)18-9-7-8-16-17-11-10-15(3)25-23(17)26-22(16)18;/h5-13,15-23H,1-4H3;7-8,10-14H,1-6H3;/q2*-1;/i;14D;. The van der Waals surface area contributed by atoms with E-state index in [9.17, 15) is 13.2 Å². The van der Waals surface area contributed by atoms with Gasteiger partial charge >= 0.3 is 6.18 Å². The van der Waals surface area contributed by atoms with Crippen LogP contribution in [0.15, 0.2) is 142 Å². The van der Waals surface area contributed by atoms with E-state index in [1.807, 2.05) is 144 Å². The van der Waals surface area contributed by atoms with Crippen LogP contribution in [0, 0.1) is 19.1 Å². The third kappa shape index (κ3) is 9.23. The van der Waals surface area contributed by atoms with E-state index in [-0.39, 0.29) is 31.9 Å². The molecule has 367 valence electrons. The normalized spacial score (nSPS) is 12.6. The molecule has 0 bridgehead atoms. The first-order chi connectivity index (χ1) is 34.2. The van der Waals surface area contributed by atoms with Crippen LogP contribution in [-0.4, -0.2) is 27.6 Å². The molecule has 0 spiro atoms. The summed E-state index contributed by atoms with van der Waals surface area (Å²) < 4.78 is 65.7. The molecule has 1 radical (unpaired) electrons. The third-order valence-electron chi connectivity index (χ3n) is 13.2. The van der Waals surface area contributed by atoms with Crippen LogP contribution in [0.3, 0.4) is 0 Å². The van der Waals surface area contributed by atoms with Gasteiger partial charge in [0.05, 0.1) is 41.7 Å². The van der Waals surface area contributed by atoms with E-state index < -0.39 is 25.7 Å². The molecule has 6 aromatic carbocycles. The largest absolute Gasteiger partial charge is 0.501 e. The van der Waals surface area contributed by atoms with Crippen LogP contribution >= 0.6 is 0 Å². The van der Waals surface area contributed by atoms with Gasteiger partial charge in [0.15, 0.2) is 0 Å². The molecule has 0 atom stereocenters. The second-order valence-corrected chi connectivity index (χ2v) is 25.3. The van der Waals surface area contributed by atoms with Crippen molar-refractivity contribution >= 4 is 68.3 Å². The van der Waals surface area contributed by atoms with E-state index >= 15 is 0 Å². The van der Waals surface area contributed by atoms with Crippen LogP contribution in [0.2, 0.25) is 19.6 Å². The Labute approximate surface area is 434 Å². The predicted molar refractivity (Wildman–Crippen MR) is 287 cm³/mol. The summed E-state index contributed by atoms with van der Waals surface area (Å²) in [7, 11) is -1.62. The Morgan fingerprint density at radius 3 is 1.93 bits per heavy atom. The van der Waals surface area contributed by atoms with Crippen LogP contribution in [0.5, 0.6) is 0 Å². The second-order valence-electron chi connectivity index (χ2n) is 20.2. The molecule has 0 N–H and O–H groups in total. The molecule has 11 rings (SSSR count). The minimum Gasteiger partial charge on any atom is -0.501 e. The average molecular weight is 1150 g/mol. The fraction of sp³-hybridized carbons (Fsp3) is 0.230. The molecule has 0 amide bonds. The summed E-state index contributed by atoms with van der Waals surface area (Å²) >= 11 is 0. The van der Waals surface area contributed by atoms with Crippen molar-refractivity contribution in [2.45, 2.75) is 92.0 Å². The van der Waals surface area contributed by atoms with Crippen molar-refractivity contribution in [1.29, 1.82) is 0 Å². The number of furan rings is 2. The molecule has 11 heteroatoms. The number of imidazole rings is 1. The van der Waals surface area contributed by atoms with Gasteiger partial charge in [-0.05, 0) is 100 Å². The number of halogens is 3. The number of benzene rings is 6. The summed E-state index contributed by atoms with van der Waals surface area (Å²) in [5.41, 5.74) is 12.0. The SMILES string of the molecule is CC(C)c1cc(C(F)(F)F)cc(C(C)C)c1-n1c(-c2[c-]ccc3c2oc2cc(-c4ccccc4)ccc23)nc2ccccc21.[2H]C(C)(C)c1cc(-c2[c-]ccc3c2oc2nc(C)ccc23)ncc1[Si](C)(C)C.[Ir]. The number of alkyl halides is 3. The van der Waals surface area contributed by atoms with E-state index in [1.165, 1.54) is 17.3 Å². The molecule has 5 heterocycles. The first kappa shape index (κ1) is 48.9. The number of para-hydroxylation sites is 2. The maximum Gasteiger partial charge on any atom is 0.416 e. The molecule has 0 saturated heterocycles. The predicted octanol–water partition coefficient (Wildman–Crippen LogP) is 17.1. The fourth-order valence-corrected chi connectivity index (χ4v) is 11.2. The van der Waals surface area contributed by atoms with Gasteiger partial charge in [0.1, 0.15) is 5.58 Å². The first-order valence-electron chi connectivity index (χ1n) is 24.5. The van der Waals surface area contributed by atoms with Crippen molar-refractivity contribution in [3.05, 3.63) is 174 Å². The Kier molecular flexibility index (Phi) is 13.2. The molecular formula is C61H55F3IrN4O2Si-2. The van der Waals surface area contributed by atoms with E-state index in [4.69, 9.17) is 20.2 Å². The topological polar surface area (TPSA) is 69.9 Å². The van der Waals surface area contributed by atoms with Crippen LogP contribution < -0.4 is 5.19 Å². The van der Waals surface area contributed by atoms with Gasteiger partial charge in [-0.25, -0.2) is 4.98 Å². The minimum atomic E-state index is -4.46. The van der Waals surface area contributed by atoms with E-state index in [2.05, 4.69) is 67.1 Å². The van der Waals surface area contributed by atoms with Gasteiger partial charge in [-0.2, -0.15) is 13.2 Å². The number of rotatable bonds is 8. The summed E-state index contributed by atoms with van der Waals surface area (Å²) in [5.74, 6) is -0.488. The van der Waals surface area contributed by atoms with E-state index in [0.29, 0.717) is 33.8 Å². The summed E-state index contributed by atoms with van der Waals surface area (Å²) in [6.45, 7) is 20.4. The van der Waals surface area contributed by atoms with Gasteiger partial charge in [0, 0.05) is 49.8 Å². The number of aryl methyl sites for hydroxylation is 1. The fourth-order valence-electron chi connectivity index (χ4n) is 9.63. The van der Waals surface area contributed by atoms with Crippen molar-refractivity contribution in [3.63, 3.8) is 0 Å². The number of hydrogen-bond acceptors (Lipinski definition) is 5. The molecule has 0 saturated carbocycles. The molecule has 0 aliphatic carbocycles. The maximum absolute atomic E-state index is 14.1. The quantitative estimate of drug-likeness (QED) is 0.112. The van der Waals surface area contributed by atoms with E-state index in [0.717, 1.165) is 83.1 Å². The Bertz CT molecular complexity index is 3830.